The van der Waals surface area contributed by atoms with Gasteiger partial charge in [0, 0.05) is 6.61 Å². The van der Waals surface area contributed by atoms with Crippen molar-refractivity contribution in [2.24, 2.45) is 11.3 Å². The average molecular weight is 200 g/mol. The topological polar surface area (TPSA) is 46.5 Å². The molecule has 0 aromatic rings. The van der Waals surface area contributed by atoms with Crippen LogP contribution < -0.4 is 0 Å². The molecule has 0 aliphatic carbocycles. The largest absolute Gasteiger partial charge is 0.481 e. The molecule has 0 radical (unpaired) electrons. The van der Waals surface area contributed by atoms with Gasteiger partial charge in [-0.15, -0.1) is 0 Å². The molecule has 0 saturated carbocycles. The van der Waals surface area contributed by atoms with Crippen molar-refractivity contribution in [3.63, 3.8) is 0 Å². The van der Waals surface area contributed by atoms with E-state index in [-0.39, 0.29) is 5.92 Å². The molecule has 3 nitrogen and oxygen atoms in total. The zero-order valence-corrected chi connectivity index (χ0v) is 9.08. The second-order valence-electron chi connectivity index (χ2n) is 4.13. The fourth-order valence-electron chi connectivity index (χ4n) is 2.55. The first-order chi connectivity index (χ1) is 6.67. The average Bonchev–Trinajstić information content (AvgIpc) is 2.21. The Balaban J connectivity index is 2.83. The highest BCUT2D eigenvalue weighted by Gasteiger charge is 2.45. The Morgan fingerprint density at radius 1 is 1.50 bits per heavy atom. The Hall–Kier alpha value is -0.570. The van der Waals surface area contributed by atoms with Crippen LogP contribution in [0.2, 0.25) is 0 Å². The number of carboxylic acids is 1. The standard InChI is InChI=1S/C11H20O3/c1-3-9(4-2)11(10(12)13)6-5-7-14-8-11/h9H,3-8H2,1-2H3,(H,12,13). The molecule has 1 aliphatic heterocycles. The van der Waals surface area contributed by atoms with E-state index in [1.165, 1.54) is 0 Å². The van der Waals surface area contributed by atoms with E-state index < -0.39 is 11.4 Å². The van der Waals surface area contributed by atoms with Gasteiger partial charge in [-0.05, 0) is 18.8 Å². The number of hydrogen-bond acceptors (Lipinski definition) is 2. The van der Waals surface area contributed by atoms with Crippen molar-refractivity contribution in [1.29, 1.82) is 0 Å². The molecule has 14 heavy (non-hydrogen) atoms. The van der Waals surface area contributed by atoms with E-state index in [0.29, 0.717) is 6.61 Å². The first kappa shape index (κ1) is 11.5. The number of carboxylic acid groups (broad SMARTS) is 1. The van der Waals surface area contributed by atoms with Crippen LogP contribution >= 0.6 is 0 Å². The Morgan fingerprint density at radius 2 is 2.14 bits per heavy atom. The summed E-state index contributed by atoms with van der Waals surface area (Å²) in [6, 6.07) is 0. The predicted octanol–water partition coefficient (Wildman–Crippen LogP) is 2.30. The molecular formula is C11H20O3. The number of hydrogen-bond donors (Lipinski definition) is 1. The van der Waals surface area contributed by atoms with Crippen molar-refractivity contribution in [1.82, 2.24) is 0 Å². The third-order valence-electron chi connectivity index (χ3n) is 3.46. The van der Waals surface area contributed by atoms with Crippen LogP contribution in [0.4, 0.5) is 0 Å². The highest BCUT2D eigenvalue weighted by Crippen LogP contribution is 2.40. The smallest absolute Gasteiger partial charge is 0.312 e. The first-order valence-electron chi connectivity index (χ1n) is 5.48. The lowest BCUT2D eigenvalue weighted by atomic mass is 9.69. The van der Waals surface area contributed by atoms with E-state index in [0.717, 1.165) is 32.3 Å². The number of rotatable bonds is 4. The third kappa shape index (κ3) is 1.92. The molecule has 1 aliphatic rings. The van der Waals surface area contributed by atoms with E-state index in [2.05, 4.69) is 13.8 Å². The minimum Gasteiger partial charge on any atom is -0.481 e. The lowest BCUT2D eigenvalue weighted by Crippen LogP contribution is -2.45. The van der Waals surface area contributed by atoms with Crippen LogP contribution in [-0.4, -0.2) is 24.3 Å². The van der Waals surface area contributed by atoms with Crippen LogP contribution in [0.3, 0.4) is 0 Å². The maximum Gasteiger partial charge on any atom is 0.312 e. The molecule has 1 atom stereocenters. The Labute approximate surface area is 85.5 Å². The molecule has 1 unspecified atom stereocenters. The quantitative estimate of drug-likeness (QED) is 0.757. The van der Waals surface area contributed by atoms with Gasteiger partial charge in [0.25, 0.3) is 0 Å². The molecule has 82 valence electrons. The molecule has 1 saturated heterocycles. The Bertz CT molecular complexity index is 191. The predicted molar refractivity (Wildman–Crippen MR) is 54.2 cm³/mol. The van der Waals surface area contributed by atoms with Gasteiger partial charge in [0.2, 0.25) is 0 Å². The van der Waals surface area contributed by atoms with Crippen molar-refractivity contribution in [2.75, 3.05) is 13.2 Å². The Morgan fingerprint density at radius 3 is 2.50 bits per heavy atom. The highest BCUT2D eigenvalue weighted by atomic mass is 16.5. The Kier molecular flexibility index (Phi) is 3.93. The summed E-state index contributed by atoms with van der Waals surface area (Å²) in [5.74, 6) is -0.425. The van der Waals surface area contributed by atoms with E-state index >= 15 is 0 Å². The molecule has 0 aromatic carbocycles. The van der Waals surface area contributed by atoms with E-state index in [1.807, 2.05) is 0 Å². The molecular weight excluding hydrogens is 180 g/mol. The zero-order valence-electron chi connectivity index (χ0n) is 9.08. The second-order valence-corrected chi connectivity index (χ2v) is 4.13. The summed E-state index contributed by atoms with van der Waals surface area (Å²) < 4.78 is 5.35. The number of aliphatic carboxylic acids is 1. The van der Waals surface area contributed by atoms with Gasteiger partial charge in [0.1, 0.15) is 0 Å². The SMILES string of the molecule is CCC(CC)C1(C(=O)O)CCCOC1. The van der Waals surface area contributed by atoms with Gasteiger partial charge < -0.3 is 9.84 Å². The lowest BCUT2D eigenvalue weighted by molar-refractivity contribution is -0.164. The molecule has 0 aromatic heterocycles. The highest BCUT2D eigenvalue weighted by molar-refractivity contribution is 5.75. The van der Waals surface area contributed by atoms with Gasteiger partial charge >= 0.3 is 5.97 Å². The van der Waals surface area contributed by atoms with E-state index in [4.69, 9.17) is 4.74 Å². The second kappa shape index (κ2) is 4.78. The molecule has 1 rings (SSSR count). The summed E-state index contributed by atoms with van der Waals surface area (Å²) in [4.78, 5) is 11.4. The molecule has 1 N–H and O–H groups in total. The summed E-state index contributed by atoms with van der Waals surface area (Å²) in [6.07, 6.45) is 3.50. The fraction of sp³-hybridized carbons (Fsp3) is 0.909. The third-order valence-corrected chi connectivity index (χ3v) is 3.46. The maximum absolute atomic E-state index is 11.4. The van der Waals surface area contributed by atoms with Gasteiger partial charge in [-0.3, -0.25) is 4.79 Å². The van der Waals surface area contributed by atoms with Gasteiger partial charge in [-0.2, -0.15) is 0 Å². The monoisotopic (exact) mass is 200 g/mol. The molecule has 0 bridgehead atoms. The van der Waals surface area contributed by atoms with Crippen LogP contribution in [0.15, 0.2) is 0 Å². The number of carbonyl (C=O) groups is 1. The van der Waals surface area contributed by atoms with Crippen molar-refractivity contribution in [3.8, 4) is 0 Å². The normalized spacial score (nSPS) is 27.9. The van der Waals surface area contributed by atoms with Crippen molar-refractivity contribution >= 4 is 5.97 Å². The van der Waals surface area contributed by atoms with Crippen LogP contribution in [0.1, 0.15) is 39.5 Å². The summed E-state index contributed by atoms with van der Waals surface area (Å²) >= 11 is 0. The van der Waals surface area contributed by atoms with Gasteiger partial charge in [0.15, 0.2) is 0 Å². The van der Waals surface area contributed by atoms with Crippen molar-refractivity contribution in [3.05, 3.63) is 0 Å². The molecule has 3 heteroatoms. The maximum atomic E-state index is 11.4. The van der Waals surface area contributed by atoms with E-state index in [1.54, 1.807) is 0 Å². The molecule has 1 heterocycles. The summed E-state index contributed by atoms with van der Waals surface area (Å²) in [5, 5.41) is 9.34. The van der Waals surface area contributed by atoms with E-state index in [9.17, 15) is 9.90 Å². The van der Waals surface area contributed by atoms with Crippen LogP contribution in [0.5, 0.6) is 0 Å². The van der Waals surface area contributed by atoms with Crippen LogP contribution in [0, 0.1) is 11.3 Å². The first-order valence-corrected chi connectivity index (χ1v) is 5.48. The molecule has 0 spiro atoms. The fourth-order valence-corrected chi connectivity index (χ4v) is 2.55. The lowest BCUT2D eigenvalue weighted by Gasteiger charge is -2.39. The summed E-state index contributed by atoms with van der Waals surface area (Å²) in [5.41, 5.74) is -0.609. The van der Waals surface area contributed by atoms with Crippen molar-refractivity contribution in [2.45, 2.75) is 39.5 Å². The van der Waals surface area contributed by atoms with Gasteiger partial charge in [-0.25, -0.2) is 0 Å². The van der Waals surface area contributed by atoms with Crippen molar-refractivity contribution < 1.29 is 14.6 Å². The minimum absolute atomic E-state index is 0.250. The molecule has 1 fully saturated rings. The molecule has 0 amide bonds. The van der Waals surface area contributed by atoms with Crippen LogP contribution in [0.25, 0.3) is 0 Å². The zero-order chi connectivity index (χ0) is 10.6. The minimum atomic E-state index is -0.675. The van der Waals surface area contributed by atoms with Gasteiger partial charge in [0.05, 0.1) is 12.0 Å². The summed E-state index contributed by atoms with van der Waals surface area (Å²) in [7, 11) is 0. The van der Waals surface area contributed by atoms with Gasteiger partial charge in [-0.1, -0.05) is 26.7 Å². The summed E-state index contributed by atoms with van der Waals surface area (Å²) in [6.45, 7) is 5.24. The number of ether oxygens (including phenoxy) is 1. The van der Waals surface area contributed by atoms with Crippen LogP contribution in [-0.2, 0) is 9.53 Å².